The first-order valence-corrected chi connectivity index (χ1v) is 5.26. The fourth-order valence-electron chi connectivity index (χ4n) is 2.65. The van der Waals surface area contributed by atoms with Crippen molar-refractivity contribution in [1.29, 1.82) is 0 Å². The van der Waals surface area contributed by atoms with Crippen molar-refractivity contribution < 1.29 is 14.6 Å². The Labute approximate surface area is 84.7 Å². The minimum atomic E-state index is -0.782. The molecule has 1 aliphatic heterocycles. The van der Waals surface area contributed by atoms with E-state index < -0.39 is 11.4 Å². The monoisotopic (exact) mass is 198 g/mol. The van der Waals surface area contributed by atoms with Gasteiger partial charge in [0, 0.05) is 12.3 Å². The topological polar surface area (TPSA) is 38.7 Å². The first-order valence-electron chi connectivity index (χ1n) is 5.26. The minimum Gasteiger partial charge on any atom is -0.384 e. The van der Waals surface area contributed by atoms with Crippen LogP contribution in [0.4, 0.5) is 0 Å². The molecule has 3 heteroatoms. The molecule has 0 unspecified atom stereocenters. The molecule has 1 aliphatic carbocycles. The summed E-state index contributed by atoms with van der Waals surface area (Å²) in [6.07, 6.45) is 4.24. The van der Waals surface area contributed by atoms with Gasteiger partial charge < -0.3 is 14.6 Å². The van der Waals surface area contributed by atoms with Gasteiger partial charge in [0.2, 0.25) is 0 Å². The summed E-state index contributed by atoms with van der Waals surface area (Å²) < 4.78 is 11.3. The first kappa shape index (κ1) is 10.1. The highest BCUT2D eigenvalue weighted by molar-refractivity contribution is 5.07. The Hall–Kier alpha value is -0.380. The van der Waals surface area contributed by atoms with Crippen molar-refractivity contribution in [3.63, 3.8) is 0 Å². The molecule has 2 aliphatic rings. The van der Waals surface area contributed by atoms with Gasteiger partial charge in [-0.15, -0.1) is 6.58 Å². The van der Waals surface area contributed by atoms with Crippen LogP contribution in [-0.4, -0.2) is 29.7 Å². The van der Waals surface area contributed by atoms with Gasteiger partial charge in [0.05, 0.1) is 13.2 Å². The summed E-state index contributed by atoms with van der Waals surface area (Å²) in [5, 5.41) is 10.5. The number of ether oxygens (including phenoxy) is 2. The van der Waals surface area contributed by atoms with Gasteiger partial charge in [-0.25, -0.2) is 0 Å². The Balaban J connectivity index is 2.19. The van der Waals surface area contributed by atoms with Gasteiger partial charge in [-0.2, -0.15) is 0 Å². The largest absolute Gasteiger partial charge is 0.384 e. The number of aliphatic hydroxyl groups is 1. The van der Waals surface area contributed by atoms with Crippen LogP contribution in [0.3, 0.4) is 0 Å². The molecule has 0 aromatic carbocycles. The number of rotatable bonds is 3. The van der Waals surface area contributed by atoms with Crippen LogP contribution in [-0.2, 0) is 9.47 Å². The van der Waals surface area contributed by atoms with Crippen LogP contribution in [0.1, 0.15) is 26.2 Å². The number of fused-ring (bicyclic) bond motifs is 1. The second-order valence-corrected chi connectivity index (χ2v) is 4.34. The Bertz CT molecular complexity index is 241. The van der Waals surface area contributed by atoms with Crippen LogP contribution in [0.25, 0.3) is 0 Å². The van der Waals surface area contributed by atoms with E-state index >= 15 is 0 Å². The normalized spacial score (nSPS) is 46.6. The molecule has 1 saturated carbocycles. The highest BCUT2D eigenvalue weighted by Gasteiger charge is 2.63. The van der Waals surface area contributed by atoms with Gasteiger partial charge >= 0.3 is 0 Å². The summed E-state index contributed by atoms with van der Waals surface area (Å²) in [5.74, 6) is -0.588. The van der Waals surface area contributed by atoms with Crippen molar-refractivity contribution in [3.05, 3.63) is 12.7 Å². The molecule has 2 fully saturated rings. The molecule has 0 spiro atoms. The summed E-state index contributed by atoms with van der Waals surface area (Å²) >= 11 is 0. The Kier molecular flexibility index (Phi) is 2.41. The molecular weight excluding hydrogens is 180 g/mol. The van der Waals surface area contributed by atoms with E-state index in [4.69, 9.17) is 9.47 Å². The summed E-state index contributed by atoms with van der Waals surface area (Å²) in [6, 6.07) is 0. The molecule has 1 heterocycles. The van der Waals surface area contributed by atoms with E-state index in [0.29, 0.717) is 13.2 Å². The molecule has 0 aromatic heterocycles. The fraction of sp³-hybridized carbons (Fsp3) is 0.818. The van der Waals surface area contributed by atoms with Crippen molar-refractivity contribution in [3.8, 4) is 0 Å². The highest BCUT2D eigenvalue weighted by Crippen LogP contribution is 2.51. The van der Waals surface area contributed by atoms with Crippen molar-refractivity contribution in [2.75, 3.05) is 13.2 Å². The van der Waals surface area contributed by atoms with Gasteiger partial charge in [0.15, 0.2) is 5.79 Å². The highest BCUT2D eigenvalue weighted by atomic mass is 16.7. The smallest absolute Gasteiger partial charge is 0.197 e. The summed E-state index contributed by atoms with van der Waals surface area (Å²) in [7, 11) is 0. The van der Waals surface area contributed by atoms with Crippen LogP contribution in [0, 0.1) is 5.92 Å². The molecule has 0 bridgehead atoms. The second-order valence-electron chi connectivity index (χ2n) is 4.34. The van der Waals surface area contributed by atoms with E-state index in [1.807, 2.05) is 6.92 Å². The van der Waals surface area contributed by atoms with Gasteiger partial charge in [-0.3, -0.25) is 0 Å². The SMILES string of the molecule is C=CCO[C@@]12CCC[C@@]1(O)[C@@H](C)CO2. The predicted octanol–water partition coefficient (Wildman–Crippen LogP) is 1.47. The molecule has 2 rings (SSSR count). The van der Waals surface area contributed by atoms with Crippen LogP contribution in [0.15, 0.2) is 12.7 Å². The maximum atomic E-state index is 10.5. The maximum absolute atomic E-state index is 10.5. The van der Waals surface area contributed by atoms with Crippen molar-refractivity contribution in [1.82, 2.24) is 0 Å². The molecule has 14 heavy (non-hydrogen) atoms. The van der Waals surface area contributed by atoms with E-state index in [2.05, 4.69) is 6.58 Å². The summed E-state index contributed by atoms with van der Waals surface area (Å²) in [6.45, 7) is 6.66. The molecular formula is C11H18O3. The standard InChI is InChI=1S/C11H18O3/c1-3-7-13-11-6-4-5-10(11,12)9(2)8-14-11/h3,9,12H,1,4-8H2,2H3/t9-,10+,11+/m0/s1. The van der Waals surface area contributed by atoms with E-state index in [1.165, 1.54) is 0 Å². The molecule has 0 radical (unpaired) electrons. The van der Waals surface area contributed by atoms with Gasteiger partial charge in [0.1, 0.15) is 5.60 Å². The number of hydrogen-bond donors (Lipinski definition) is 1. The van der Waals surface area contributed by atoms with Crippen LogP contribution in [0.5, 0.6) is 0 Å². The lowest BCUT2D eigenvalue weighted by molar-refractivity contribution is -0.264. The Morgan fingerprint density at radius 3 is 3.14 bits per heavy atom. The van der Waals surface area contributed by atoms with Crippen LogP contribution < -0.4 is 0 Å². The maximum Gasteiger partial charge on any atom is 0.197 e. The Morgan fingerprint density at radius 1 is 1.64 bits per heavy atom. The lowest BCUT2D eigenvalue weighted by Crippen LogP contribution is -2.51. The van der Waals surface area contributed by atoms with Crippen molar-refractivity contribution >= 4 is 0 Å². The zero-order chi connectivity index (χ0) is 10.2. The number of hydrogen-bond acceptors (Lipinski definition) is 3. The minimum absolute atomic E-state index is 0.162. The lowest BCUT2D eigenvalue weighted by atomic mass is 9.86. The van der Waals surface area contributed by atoms with Crippen LogP contribution >= 0.6 is 0 Å². The average Bonchev–Trinajstić information content (AvgIpc) is 2.61. The average molecular weight is 198 g/mol. The molecule has 0 aromatic rings. The molecule has 1 N–H and O–H groups in total. The molecule has 0 amide bonds. The molecule has 3 atom stereocenters. The van der Waals surface area contributed by atoms with Crippen LogP contribution in [0.2, 0.25) is 0 Å². The van der Waals surface area contributed by atoms with Crippen molar-refractivity contribution in [2.45, 2.75) is 37.6 Å². The predicted molar refractivity (Wildman–Crippen MR) is 52.8 cm³/mol. The molecule has 3 nitrogen and oxygen atoms in total. The third-order valence-electron chi connectivity index (χ3n) is 3.54. The van der Waals surface area contributed by atoms with Gasteiger partial charge in [-0.05, 0) is 12.8 Å². The third-order valence-corrected chi connectivity index (χ3v) is 3.54. The van der Waals surface area contributed by atoms with Gasteiger partial charge in [-0.1, -0.05) is 13.0 Å². The zero-order valence-corrected chi connectivity index (χ0v) is 8.66. The van der Waals surface area contributed by atoms with E-state index in [-0.39, 0.29) is 5.92 Å². The van der Waals surface area contributed by atoms with E-state index in [9.17, 15) is 5.11 Å². The fourth-order valence-corrected chi connectivity index (χ4v) is 2.65. The second kappa shape index (κ2) is 3.33. The molecule has 1 saturated heterocycles. The van der Waals surface area contributed by atoms with Gasteiger partial charge in [0.25, 0.3) is 0 Å². The van der Waals surface area contributed by atoms with E-state index in [0.717, 1.165) is 19.3 Å². The third kappa shape index (κ3) is 1.16. The lowest BCUT2D eigenvalue weighted by Gasteiger charge is -2.36. The van der Waals surface area contributed by atoms with E-state index in [1.54, 1.807) is 6.08 Å². The molecule has 80 valence electrons. The first-order chi connectivity index (χ1) is 6.65. The quantitative estimate of drug-likeness (QED) is 0.698. The van der Waals surface area contributed by atoms with Crippen molar-refractivity contribution in [2.24, 2.45) is 5.92 Å². The summed E-state index contributed by atoms with van der Waals surface area (Å²) in [4.78, 5) is 0. The summed E-state index contributed by atoms with van der Waals surface area (Å²) in [5.41, 5.74) is -0.782. The zero-order valence-electron chi connectivity index (χ0n) is 8.66. The Morgan fingerprint density at radius 2 is 2.43 bits per heavy atom.